The minimum Gasteiger partial charge on any atom is -0.380 e. The van der Waals surface area contributed by atoms with Gasteiger partial charge in [0.05, 0.1) is 11.6 Å². The first-order valence-corrected chi connectivity index (χ1v) is 9.81. The molecule has 124 valence electrons. The Hall–Kier alpha value is -0.180. The summed E-state index contributed by atoms with van der Waals surface area (Å²) in [6.07, 6.45) is 0. The number of benzene rings is 1. The standard InChI is InChI=1S/C14H20BrClN2O3S/c1-2-21-10-9-17-5-7-18(8-6-17)22(19,20)14-4-3-12(15)11-13(14)16/h3-4,11H,2,5-10H2,1H3. The summed E-state index contributed by atoms with van der Waals surface area (Å²) in [5, 5.41) is 0.244. The molecule has 1 fully saturated rings. The summed E-state index contributed by atoms with van der Waals surface area (Å²) in [7, 11) is -3.54. The van der Waals surface area contributed by atoms with Crippen LogP contribution < -0.4 is 0 Å². The predicted octanol–water partition coefficient (Wildman–Crippen LogP) is 2.45. The number of ether oxygens (including phenoxy) is 1. The van der Waals surface area contributed by atoms with E-state index in [0.29, 0.717) is 39.4 Å². The van der Waals surface area contributed by atoms with E-state index in [9.17, 15) is 8.42 Å². The van der Waals surface area contributed by atoms with Gasteiger partial charge in [-0.15, -0.1) is 0 Å². The lowest BCUT2D eigenvalue weighted by Gasteiger charge is -2.34. The Morgan fingerprint density at radius 3 is 2.55 bits per heavy atom. The Bertz CT molecular complexity index is 604. The average Bonchev–Trinajstić information content (AvgIpc) is 2.47. The van der Waals surface area contributed by atoms with E-state index in [2.05, 4.69) is 20.8 Å². The predicted molar refractivity (Wildman–Crippen MR) is 90.8 cm³/mol. The first-order valence-electron chi connectivity index (χ1n) is 7.20. The molecular weight excluding hydrogens is 392 g/mol. The molecule has 2 rings (SSSR count). The van der Waals surface area contributed by atoms with E-state index in [0.717, 1.165) is 11.0 Å². The molecule has 1 aromatic rings. The van der Waals surface area contributed by atoms with Gasteiger partial charge in [-0.25, -0.2) is 8.42 Å². The Morgan fingerprint density at radius 2 is 1.95 bits per heavy atom. The van der Waals surface area contributed by atoms with E-state index in [4.69, 9.17) is 16.3 Å². The summed E-state index contributed by atoms with van der Waals surface area (Å²) >= 11 is 9.37. The molecule has 0 radical (unpaired) electrons. The van der Waals surface area contributed by atoms with Crippen molar-refractivity contribution in [2.45, 2.75) is 11.8 Å². The Balaban J connectivity index is 2.00. The van der Waals surface area contributed by atoms with E-state index in [-0.39, 0.29) is 9.92 Å². The van der Waals surface area contributed by atoms with E-state index in [1.165, 1.54) is 4.31 Å². The van der Waals surface area contributed by atoms with Crippen LogP contribution in [-0.2, 0) is 14.8 Å². The first-order chi connectivity index (χ1) is 10.4. The van der Waals surface area contributed by atoms with Gasteiger partial charge in [0.2, 0.25) is 10.0 Å². The molecule has 1 aliphatic heterocycles. The zero-order valence-electron chi connectivity index (χ0n) is 12.5. The summed E-state index contributed by atoms with van der Waals surface area (Å²) in [5.41, 5.74) is 0. The lowest BCUT2D eigenvalue weighted by atomic mass is 10.3. The molecule has 1 heterocycles. The molecule has 1 aliphatic rings. The van der Waals surface area contributed by atoms with E-state index < -0.39 is 10.0 Å². The maximum absolute atomic E-state index is 12.7. The number of hydrogen-bond donors (Lipinski definition) is 0. The van der Waals surface area contributed by atoms with E-state index >= 15 is 0 Å². The third-order valence-corrected chi connectivity index (χ3v) is 6.47. The van der Waals surface area contributed by atoms with Crippen molar-refractivity contribution < 1.29 is 13.2 Å². The minimum absolute atomic E-state index is 0.167. The highest BCUT2D eigenvalue weighted by Gasteiger charge is 2.29. The third-order valence-electron chi connectivity index (χ3n) is 3.60. The maximum atomic E-state index is 12.7. The normalized spacial score (nSPS) is 17.8. The van der Waals surface area contributed by atoms with Crippen LogP contribution in [0.1, 0.15) is 6.92 Å². The van der Waals surface area contributed by atoms with Gasteiger partial charge in [0.15, 0.2) is 0 Å². The molecule has 5 nitrogen and oxygen atoms in total. The second kappa shape index (κ2) is 8.08. The van der Waals surface area contributed by atoms with Gasteiger partial charge in [-0.05, 0) is 25.1 Å². The fraction of sp³-hybridized carbons (Fsp3) is 0.571. The van der Waals surface area contributed by atoms with Gasteiger partial charge in [0.25, 0.3) is 0 Å². The summed E-state index contributed by atoms with van der Waals surface area (Å²) in [4.78, 5) is 2.38. The first kappa shape index (κ1) is 18.2. The lowest BCUT2D eigenvalue weighted by Crippen LogP contribution is -2.49. The highest BCUT2D eigenvalue weighted by atomic mass is 79.9. The summed E-state index contributed by atoms with van der Waals surface area (Å²) in [6.45, 7) is 6.55. The van der Waals surface area contributed by atoms with Crippen molar-refractivity contribution in [3.05, 3.63) is 27.7 Å². The molecule has 0 aromatic heterocycles. The molecule has 0 bridgehead atoms. The van der Waals surface area contributed by atoms with Gasteiger partial charge in [0.1, 0.15) is 4.90 Å². The molecule has 1 aromatic carbocycles. The number of piperazine rings is 1. The van der Waals surface area contributed by atoms with Crippen molar-refractivity contribution >= 4 is 37.6 Å². The topological polar surface area (TPSA) is 49.9 Å². The number of nitrogens with zero attached hydrogens (tertiary/aromatic N) is 2. The zero-order valence-corrected chi connectivity index (χ0v) is 15.6. The van der Waals surface area contributed by atoms with E-state index in [1.54, 1.807) is 18.2 Å². The fourth-order valence-corrected chi connectivity index (χ4v) is 4.79. The quantitative estimate of drug-likeness (QED) is 0.675. The molecule has 0 N–H and O–H groups in total. The van der Waals surface area contributed by atoms with Crippen molar-refractivity contribution in [1.29, 1.82) is 0 Å². The molecule has 0 aliphatic carbocycles. The SMILES string of the molecule is CCOCCN1CCN(S(=O)(=O)c2ccc(Br)cc2Cl)CC1. The van der Waals surface area contributed by atoms with Crippen LogP contribution in [0.2, 0.25) is 5.02 Å². The van der Waals surface area contributed by atoms with Crippen LogP contribution in [0.15, 0.2) is 27.6 Å². The van der Waals surface area contributed by atoms with Crippen LogP contribution in [0, 0.1) is 0 Å². The fourth-order valence-electron chi connectivity index (χ4n) is 2.35. The van der Waals surface area contributed by atoms with Gasteiger partial charge in [0, 0.05) is 43.8 Å². The number of sulfonamides is 1. The molecule has 0 amide bonds. The highest BCUT2D eigenvalue weighted by molar-refractivity contribution is 9.10. The van der Waals surface area contributed by atoms with Gasteiger partial charge in [-0.1, -0.05) is 27.5 Å². The van der Waals surface area contributed by atoms with Crippen molar-refractivity contribution in [3.63, 3.8) is 0 Å². The number of hydrogen-bond acceptors (Lipinski definition) is 4. The molecule has 1 saturated heterocycles. The molecule has 0 spiro atoms. The van der Waals surface area contributed by atoms with Crippen LogP contribution >= 0.6 is 27.5 Å². The van der Waals surface area contributed by atoms with Gasteiger partial charge in [-0.2, -0.15) is 4.31 Å². The second-order valence-corrected chi connectivity index (χ2v) is 8.25. The van der Waals surface area contributed by atoms with Crippen LogP contribution in [-0.4, -0.2) is 63.6 Å². The van der Waals surface area contributed by atoms with E-state index in [1.807, 2.05) is 6.92 Å². The molecule has 0 unspecified atom stereocenters. The van der Waals surface area contributed by atoms with Gasteiger partial charge < -0.3 is 4.74 Å². The smallest absolute Gasteiger partial charge is 0.244 e. The van der Waals surface area contributed by atoms with Crippen LogP contribution in [0.25, 0.3) is 0 Å². The maximum Gasteiger partial charge on any atom is 0.244 e. The summed E-state index contributed by atoms with van der Waals surface area (Å²) in [5.74, 6) is 0. The lowest BCUT2D eigenvalue weighted by molar-refractivity contribution is 0.0979. The molecular formula is C14H20BrClN2O3S. The average molecular weight is 412 g/mol. The van der Waals surface area contributed by atoms with Gasteiger partial charge in [-0.3, -0.25) is 4.90 Å². The Labute approximate surface area is 145 Å². The van der Waals surface area contributed by atoms with Crippen LogP contribution in [0.5, 0.6) is 0 Å². The zero-order chi connectivity index (χ0) is 16.2. The number of rotatable bonds is 6. The van der Waals surface area contributed by atoms with Crippen LogP contribution in [0.3, 0.4) is 0 Å². The molecule has 0 saturated carbocycles. The Kier molecular flexibility index (Phi) is 6.67. The third kappa shape index (κ3) is 4.43. The summed E-state index contributed by atoms with van der Waals surface area (Å²) < 4.78 is 32.9. The van der Waals surface area contributed by atoms with Crippen molar-refractivity contribution in [3.8, 4) is 0 Å². The van der Waals surface area contributed by atoms with Crippen molar-refractivity contribution in [1.82, 2.24) is 9.21 Å². The summed E-state index contributed by atoms with van der Waals surface area (Å²) in [6, 6.07) is 4.84. The second-order valence-electron chi connectivity index (χ2n) is 5.02. The molecule has 22 heavy (non-hydrogen) atoms. The van der Waals surface area contributed by atoms with Crippen molar-refractivity contribution in [2.24, 2.45) is 0 Å². The molecule has 0 atom stereocenters. The van der Waals surface area contributed by atoms with Crippen LogP contribution in [0.4, 0.5) is 0 Å². The van der Waals surface area contributed by atoms with Crippen molar-refractivity contribution in [2.75, 3.05) is 45.9 Å². The largest absolute Gasteiger partial charge is 0.380 e. The van der Waals surface area contributed by atoms with Gasteiger partial charge >= 0.3 is 0 Å². The number of halogens is 2. The molecule has 8 heteroatoms. The minimum atomic E-state index is -3.54. The Morgan fingerprint density at radius 1 is 1.27 bits per heavy atom. The highest BCUT2D eigenvalue weighted by Crippen LogP contribution is 2.28. The monoisotopic (exact) mass is 410 g/mol.